The highest BCUT2D eigenvalue weighted by Crippen LogP contribution is 2.28. The predicted octanol–water partition coefficient (Wildman–Crippen LogP) is 3.23. The normalized spacial score (nSPS) is 22.6. The molecule has 1 aliphatic rings. The zero-order chi connectivity index (χ0) is 14.7. The van der Waals surface area contributed by atoms with Crippen molar-refractivity contribution in [3.63, 3.8) is 0 Å². The first-order valence-electron chi connectivity index (χ1n) is 6.88. The summed E-state index contributed by atoms with van der Waals surface area (Å²) in [5, 5.41) is 11.6. The van der Waals surface area contributed by atoms with Crippen LogP contribution in [0.25, 0.3) is 0 Å². The summed E-state index contributed by atoms with van der Waals surface area (Å²) in [5.41, 5.74) is 6.63. The van der Waals surface area contributed by atoms with Gasteiger partial charge in [-0.3, -0.25) is 15.0 Å². The molecule has 1 aromatic carbocycles. The molecule has 1 aromatic rings. The molecule has 118 valence electrons. The number of nitrogens with two attached hydrogens (primary N) is 1. The topological polar surface area (TPSA) is 72.4 Å². The van der Waals surface area contributed by atoms with E-state index >= 15 is 0 Å². The number of benzene rings is 1. The number of rotatable bonds is 4. The fraction of sp³-hybridized carbons (Fsp3) is 0.571. The average molecular weight is 334 g/mol. The first-order chi connectivity index (χ1) is 9.51. The molecule has 21 heavy (non-hydrogen) atoms. The van der Waals surface area contributed by atoms with Crippen LogP contribution in [-0.2, 0) is 6.54 Å². The van der Waals surface area contributed by atoms with Crippen LogP contribution in [-0.4, -0.2) is 29.0 Å². The Balaban J connectivity index is 0.00000220. The van der Waals surface area contributed by atoms with Gasteiger partial charge in [0.2, 0.25) is 0 Å². The van der Waals surface area contributed by atoms with Gasteiger partial charge in [0, 0.05) is 35.8 Å². The maximum atomic E-state index is 11.1. The van der Waals surface area contributed by atoms with Crippen molar-refractivity contribution in [3.8, 4) is 0 Å². The van der Waals surface area contributed by atoms with E-state index in [1.807, 2.05) is 0 Å². The minimum absolute atomic E-state index is 0. The van der Waals surface area contributed by atoms with E-state index in [0.29, 0.717) is 29.6 Å². The molecule has 0 spiro atoms. The van der Waals surface area contributed by atoms with E-state index in [9.17, 15) is 10.1 Å². The Morgan fingerprint density at radius 3 is 2.86 bits per heavy atom. The van der Waals surface area contributed by atoms with E-state index < -0.39 is 0 Å². The van der Waals surface area contributed by atoms with Crippen molar-refractivity contribution in [1.29, 1.82) is 0 Å². The zero-order valence-corrected chi connectivity index (χ0v) is 13.6. The fourth-order valence-corrected chi connectivity index (χ4v) is 3.03. The molecule has 0 aromatic heterocycles. The van der Waals surface area contributed by atoms with E-state index in [4.69, 9.17) is 17.3 Å². The van der Waals surface area contributed by atoms with Gasteiger partial charge >= 0.3 is 0 Å². The van der Waals surface area contributed by atoms with Gasteiger partial charge in [-0.1, -0.05) is 18.5 Å². The van der Waals surface area contributed by atoms with Crippen molar-refractivity contribution >= 4 is 29.7 Å². The van der Waals surface area contributed by atoms with E-state index in [1.165, 1.54) is 6.07 Å². The largest absolute Gasteiger partial charge is 0.329 e. The van der Waals surface area contributed by atoms with E-state index in [-0.39, 0.29) is 29.1 Å². The van der Waals surface area contributed by atoms with Crippen LogP contribution in [0.2, 0.25) is 5.02 Å². The third-order valence-electron chi connectivity index (χ3n) is 3.98. The first kappa shape index (κ1) is 18.2. The number of nitrogens with zero attached hydrogens (tertiary/aromatic N) is 2. The molecule has 2 rings (SSSR count). The van der Waals surface area contributed by atoms with E-state index in [2.05, 4.69) is 11.8 Å². The van der Waals surface area contributed by atoms with Gasteiger partial charge in [0.25, 0.3) is 5.69 Å². The third kappa shape index (κ3) is 4.54. The molecule has 0 saturated carbocycles. The zero-order valence-electron chi connectivity index (χ0n) is 12.0. The molecule has 5 nitrogen and oxygen atoms in total. The molecule has 2 unspecified atom stereocenters. The molecule has 1 fully saturated rings. The van der Waals surface area contributed by atoms with E-state index in [1.54, 1.807) is 12.1 Å². The van der Waals surface area contributed by atoms with Gasteiger partial charge < -0.3 is 5.73 Å². The number of hydrogen-bond acceptors (Lipinski definition) is 4. The van der Waals surface area contributed by atoms with Gasteiger partial charge in [0.05, 0.1) is 4.92 Å². The second-order valence-electron chi connectivity index (χ2n) is 5.52. The third-order valence-corrected chi connectivity index (χ3v) is 4.22. The van der Waals surface area contributed by atoms with Gasteiger partial charge in [0.15, 0.2) is 0 Å². The van der Waals surface area contributed by atoms with Crippen LogP contribution in [0.3, 0.4) is 0 Å². The van der Waals surface area contributed by atoms with Gasteiger partial charge in [-0.2, -0.15) is 0 Å². The van der Waals surface area contributed by atoms with Gasteiger partial charge in [-0.25, -0.2) is 0 Å². The summed E-state index contributed by atoms with van der Waals surface area (Å²) in [6.45, 7) is 4.26. The van der Waals surface area contributed by atoms with Crippen molar-refractivity contribution in [3.05, 3.63) is 38.9 Å². The molecule has 0 bridgehead atoms. The Labute approximate surface area is 136 Å². The summed E-state index contributed by atoms with van der Waals surface area (Å²) in [6.07, 6.45) is 2.15. The van der Waals surface area contributed by atoms with Gasteiger partial charge in [-0.15, -0.1) is 12.4 Å². The first-order valence-corrected chi connectivity index (χ1v) is 7.26. The maximum absolute atomic E-state index is 11.1. The van der Waals surface area contributed by atoms with Crippen molar-refractivity contribution in [1.82, 2.24) is 4.90 Å². The smallest absolute Gasteiger partial charge is 0.273 e. The van der Waals surface area contributed by atoms with Crippen LogP contribution >= 0.6 is 24.0 Å². The lowest BCUT2D eigenvalue weighted by atomic mass is 9.92. The van der Waals surface area contributed by atoms with Gasteiger partial charge in [0.1, 0.15) is 0 Å². The lowest BCUT2D eigenvalue weighted by Crippen LogP contribution is -2.45. The summed E-state index contributed by atoms with van der Waals surface area (Å²) in [5.74, 6) is 0.661. The molecule has 0 radical (unpaired) electrons. The van der Waals surface area contributed by atoms with Crippen LogP contribution in [0, 0.1) is 16.0 Å². The molecular formula is C14H21Cl2N3O2. The molecule has 1 saturated heterocycles. The highest BCUT2D eigenvalue weighted by atomic mass is 35.5. The highest BCUT2D eigenvalue weighted by Gasteiger charge is 2.27. The fourth-order valence-electron chi connectivity index (χ4n) is 2.83. The number of piperidine rings is 1. The molecule has 7 heteroatoms. The van der Waals surface area contributed by atoms with E-state index in [0.717, 1.165) is 19.4 Å². The summed E-state index contributed by atoms with van der Waals surface area (Å²) >= 11 is 5.97. The molecule has 0 amide bonds. The SMILES string of the molecule is CC1CCN(Cc2cc(Cl)ccc2[N+](=O)[O-])C(CN)C1.Cl. The summed E-state index contributed by atoms with van der Waals surface area (Å²) in [4.78, 5) is 13.0. The quantitative estimate of drug-likeness (QED) is 0.678. The summed E-state index contributed by atoms with van der Waals surface area (Å²) in [6, 6.07) is 5.01. The lowest BCUT2D eigenvalue weighted by molar-refractivity contribution is -0.385. The minimum Gasteiger partial charge on any atom is -0.329 e. The van der Waals surface area contributed by atoms with Crippen molar-refractivity contribution < 1.29 is 4.92 Å². The Morgan fingerprint density at radius 2 is 2.24 bits per heavy atom. The molecule has 1 heterocycles. The van der Waals surface area contributed by atoms with Crippen LogP contribution in [0.15, 0.2) is 18.2 Å². The Bertz CT molecular complexity index is 499. The number of hydrogen-bond donors (Lipinski definition) is 1. The Hall–Kier alpha value is -0.880. The average Bonchev–Trinajstić information content (AvgIpc) is 2.40. The standard InChI is InChI=1S/C14H20ClN3O2.ClH/c1-10-4-5-17(13(6-10)8-16)9-11-7-12(15)2-3-14(11)18(19)20;/h2-3,7,10,13H,4-6,8-9,16H2,1H3;1H. The number of halogens is 2. The predicted molar refractivity (Wildman–Crippen MR) is 87.0 cm³/mol. The highest BCUT2D eigenvalue weighted by molar-refractivity contribution is 6.30. The minimum atomic E-state index is -0.352. The van der Waals surface area contributed by atoms with Gasteiger partial charge in [-0.05, 0) is 37.4 Å². The molecule has 0 aliphatic carbocycles. The van der Waals surface area contributed by atoms with Crippen molar-refractivity contribution in [2.45, 2.75) is 32.4 Å². The molecular weight excluding hydrogens is 313 g/mol. The molecule has 2 atom stereocenters. The Morgan fingerprint density at radius 1 is 1.52 bits per heavy atom. The van der Waals surface area contributed by atoms with Crippen LogP contribution in [0.4, 0.5) is 5.69 Å². The number of nitro benzene ring substituents is 1. The number of nitro groups is 1. The molecule has 2 N–H and O–H groups in total. The monoisotopic (exact) mass is 333 g/mol. The number of likely N-dealkylation sites (tertiary alicyclic amines) is 1. The maximum Gasteiger partial charge on any atom is 0.273 e. The van der Waals surface area contributed by atoms with Crippen LogP contribution in [0.5, 0.6) is 0 Å². The van der Waals surface area contributed by atoms with Crippen LogP contribution < -0.4 is 5.73 Å². The summed E-state index contributed by atoms with van der Waals surface area (Å²) < 4.78 is 0. The lowest BCUT2D eigenvalue weighted by Gasteiger charge is -2.37. The molecule has 1 aliphatic heterocycles. The summed E-state index contributed by atoms with van der Waals surface area (Å²) in [7, 11) is 0. The van der Waals surface area contributed by atoms with Crippen molar-refractivity contribution in [2.75, 3.05) is 13.1 Å². The van der Waals surface area contributed by atoms with Crippen LogP contribution in [0.1, 0.15) is 25.3 Å². The van der Waals surface area contributed by atoms with Crippen molar-refractivity contribution in [2.24, 2.45) is 11.7 Å². The Kier molecular flexibility index (Phi) is 6.87. The second kappa shape index (κ2) is 7.94. The second-order valence-corrected chi connectivity index (χ2v) is 5.96.